The van der Waals surface area contributed by atoms with Gasteiger partial charge in [0.05, 0.1) is 18.4 Å². The molecule has 38 heavy (non-hydrogen) atoms. The van der Waals surface area contributed by atoms with E-state index in [0.29, 0.717) is 33.8 Å². The second-order valence-corrected chi connectivity index (χ2v) is 9.80. The van der Waals surface area contributed by atoms with Gasteiger partial charge in [-0.3, -0.25) is 9.48 Å². The number of carbonyl (C=O) groups excluding carboxylic acids is 1. The van der Waals surface area contributed by atoms with Crippen molar-refractivity contribution in [1.82, 2.24) is 24.6 Å². The Bertz CT molecular complexity index is 1460. The van der Waals surface area contributed by atoms with Crippen LogP contribution in [-0.2, 0) is 6.54 Å². The highest BCUT2D eigenvalue weighted by molar-refractivity contribution is 6.04. The smallest absolute Gasteiger partial charge is 0.255 e. The van der Waals surface area contributed by atoms with Crippen molar-refractivity contribution in [2.24, 2.45) is 0 Å². The number of fused-ring (bicyclic) bond motifs is 1. The van der Waals surface area contributed by atoms with E-state index in [2.05, 4.69) is 42.5 Å². The summed E-state index contributed by atoms with van der Waals surface area (Å²) in [5, 5.41) is 10.5. The molecule has 2 N–H and O–H groups in total. The molecular weight excluding hydrogens is 483 g/mol. The van der Waals surface area contributed by atoms with Crippen LogP contribution < -0.4 is 15.5 Å². The number of benzene rings is 2. The van der Waals surface area contributed by atoms with Crippen molar-refractivity contribution in [3.8, 4) is 0 Å². The Hall–Kier alpha value is -4.05. The Kier molecular flexibility index (Phi) is 7.24. The molecule has 9 nitrogen and oxygen atoms in total. The van der Waals surface area contributed by atoms with Gasteiger partial charge >= 0.3 is 0 Å². The highest BCUT2D eigenvalue weighted by Gasteiger charge is 2.18. The summed E-state index contributed by atoms with van der Waals surface area (Å²) in [6.07, 6.45) is 3.45. The van der Waals surface area contributed by atoms with Crippen molar-refractivity contribution in [2.75, 3.05) is 48.8 Å². The average molecular weight is 517 g/mol. The molecule has 0 spiro atoms. The Balaban J connectivity index is 1.28. The molecule has 0 aliphatic carbocycles. The lowest BCUT2D eigenvalue weighted by Crippen LogP contribution is -2.44. The maximum atomic E-state index is 14.8. The van der Waals surface area contributed by atoms with Crippen LogP contribution in [-0.4, -0.2) is 63.8 Å². The largest absolute Gasteiger partial charge is 0.369 e. The lowest BCUT2D eigenvalue weighted by molar-refractivity contribution is 0.102. The molecule has 1 fully saturated rings. The molecule has 1 amide bonds. The molecule has 2 aromatic carbocycles. The third-order valence-corrected chi connectivity index (χ3v) is 6.99. The van der Waals surface area contributed by atoms with Gasteiger partial charge < -0.3 is 20.4 Å². The van der Waals surface area contributed by atoms with Crippen LogP contribution in [0.1, 0.15) is 41.4 Å². The van der Waals surface area contributed by atoms with E-state index >= 15 is 0 Å². The van der Waals surface area contributed by atoms with Gasteiger partial charge in [-0.25, -0.2) is 14.4 Å². The first kappa shape index (κ1) is 25.6. The predicted molar refractivity (Wildman–Crippen MR) is 148 cm³/mol. The van der Waals surface area contributed by atoms with Crippen LogP contribution in [0.3, 0.4) is 0 Å². The molecule has 3 heterocycles. The lowest BCUT2D eigenvalue weighted by atomic mass is 10.1. The third kappa shape index (κ3) is 5.45. The molecule has 0 saturated carbocycles. The van der Waals surface area contributed by atoms with Gasteiger partial charge in [0.15, 0.2) is 0 Å². The van der Waals surface area contributed by atoms with Crippen molar-refractivity contribution in [3.05, 3.63) is 71.3 Å². The predicted octanol–water partition coefficient (Wildman–Crippen LogP) is 4.47. The van der Waals surface area contributed by atoms with Crippen LogP contribution in [0.25, 0.3) is 11.2 Å². The Morgan fingerprint density at radius 2 is 1.92 bits per heavy atom. The number of piperazine rings is 1. The summed E-state index contributed by atoms with van der Waals surface area (Å²) < 4.78 is 16.5. The molecule has 4 aromatic rings. The number of likely N-dealkylation sites (N-methyl/N-ethyl adjacent to an activating group) is 1. The number of carbonyl (C=O) groups is 1. The Morgan fingerprint density at radius 1 is 1.13 bits per heavy atom. The second kappa shape index (κ2) is 10.7. The zero-order valence-electron chi connectivity index (χ0n) is 22.2. The topological polar surface area (TPSA) is 91.2 Å². The van der Waals surface area contributed by atoms with Crippen molar-refractivity contribution >= 4 is 34.3 Å². The number of halogens is 1. The van der Waals surface area contributed by atoms with Crippen LogP contribution in [0.4, 0.5) is 21.6 Å². The first-order valence-electron chi connectivity index (χ1n) is 12.9. The Morgan fingerprint density at radius 3 is 2.66 bits per heavy atom. The van der Waals surface area contributed by atoms with Gasteiger partial charge in [0, 0.05) is 55.2 Å². The normalized spacial score (nSPS) is 15.0. The van der Waals surface area contributed by atoms with E-state index in [1.165, 1.54) is 6.07 Å². The molecule has 1 atom stereocenters. The van der Waals surface area contributed by atoms with Gasteiger partial charge in [-0.1, -0.05) is 0 Å². The minimum absolute atomic E-state index is 0.237. The number of nitrogens with one attached hydrogen (secondary N) is 2. The van der Waals surface area contributed by atoms with Gasteiger partial charge in [0.25, 0.3) is 5.91 Å². The van der Waals surface area contributed by atoms with E-state index in [4.69, 9.17) is 0 Å². The first-order valence-corrected chi connectivity index (χ1v) is 12.9. The van der Waals surface area contributed by atoms with Gasteiger partial charge in [-0.2, -0.15) is 5.10 Å². The molecular formula is C28H33FN8O. The molecule has 0 bridgehead atoms. The number of hydrogen-bond acceptors (Lipinski definition) is 7. The molecule has 0 unspecified atom stereocenters. The average Bonchev–Trinajstić information content (AvgIpc) is 3.33. The maximum Gasteiger partial charge on any atom is 0.255 e. The number of anilines is 3. The van der Waals surface area contributed by atoms with Crippen LogP contribution in [0, 0.1) is 12.7 Å². The fourth-order valence-electron chi connectivity index (χ4n) is 4.73. The van der Waals surface area contributed by atoms with Crippen LogP contribution in [0.15, 0.2) is 48.8 Å². The maximum absolute atomic E-state index is 14.8. The monoisotopic (exact) mass is 516 g/mol. The third-order valence-electron chi connectivity index (χ3n) is 6.99. The van der Waals surface area contributed by atoms with E-state index in [1.54, 1.807) is 23.0 Å². The molecule has 0 radical (unpaired) electrons. The van der Waals surface area contributed by atoms with E-state index < -0.39 is 6.04 Å². The van der Waals surface area contributed by atoms with Crippen molar-refractivity contribution < 1.29 is 9.18 Å². The number of rotatable bonds is 7. The van der Waals surface area contributed by atoms with Crippen LogP contribution in [0.5, 0.6) is 0 Å². The number of nitrogens with zero attached hydrogens (tertiary/aromatic N) is 6. The quantitative estimate of drug-likeness (QED) is 0.375. The van der Waals surface area contributed by atoms with Gasteiger partial charge in [0.1, 0.15) is 17.2 Å². The molecule has 198 valence electrons. The summed E-state index contributed by atoms with van der Waals surface area (Å²) in [6.45, 7) is 10.6. The van der Waals surface area contributed by atoms with E-state index in [-0.39, 0.29) is 11.7 Å². The van der Waals surface area contributed by atoms with Gasteiger partial charge in [-0.05, 0) is 69.8 Å². The zero-order valence-corrected chi connectivity index (χ0v) is 22.2. The molecule has 1 aliphatic heterocycles. The fourth-order valence-corrected chi connectivity index (χ4v) is 4.73. The molecule has 2 aromatic heterocycles. The summed E-state index contributed by atoms with van der Waals surface area (Å²) in [5.74, 6) is -0.116. The number of aryl methyl sites for hydroxylation is 2. The molecule has 1 saturated heterocycles. The number of hydrogen-bond donors (Lipinski definition) is 2. The highest BCUT2D eigenvalue weighted by Crippen LogP contribution is 2.26. The van der Waals surface area contributed by atoms with E-state index in [0.717, 1.165) is 44.0 Å². The Labute approximate surface area is 221 Å². The summed E-state index contributed by atoms with van der Waals surface area (Å²) in [6, 6.07) is 9.93. The van der Waals surface area contributed by atoms with Gasteiger partial charge in [-0.15, -0.1) is 0 Å². The van der Waals surface area contributed by atoms with Crippen LogP contribution in [0.2, 0.25) is 0 Å². The standard InChI is InChI=1S/C28H33FN8O/c1-5-37-17-24-27(34-37)33-26(16-30-24)31-19(3)22-15-21(7-8-23(22)29)32-28(38)20-6-9-25(18(2)14-20)36-12-10-35(4)11-13-36/h6-9,14-17,19H,5,10-13H2,1-4H3,(H,32,38)(H,31,33,34)/t19-/m0/s1. The van der Waals surface area contributed by atoms with Crippen LogP contribution >= 0.6 is 0 Å². The van der Waals surface area contributed by atoms with Gasteiger partial charge in [0.2, 0.25) is 5.65 Å². The number of aromatic nitrogens is 4. The highest BCUT2D eigenvalue weighted by atomic mass is 19.1. The molecule has 5 rings (SSSR count). The summed E-state index contributed by atoms with van der Waals surface area (Å²) in [4.78, 5) is 26.6. The fraction of sp³-hybridized carbons (Fsp3) is 0.357. The second-order valence-electron chi connectivity index (χ2n) is 9.80. The summed E-state index contributed by atoms with van der Waals surface area (Å²) in [5.41, 5.74) is 4.93. The van der Waals surface area contributed by atoms with Crippen molar-refractivity contribution in [2.45, 2.75) is 33.4 Å². The first-order chi connectivity index (χ1) is 18.3. The minimum atomic E-state index is -0.419. The summed E-state index contributed by atoms with van der Waals surface area (Å²) in [7, 11) is 2.13. The molecule has 10 heteroatoms. The van der Waals surface area contributed by atoms with Crippen molar-refractivity contribution in [1.29, 1.82) is 0 Å². The lowest BCUT2D eigenvalue weighted by Gasteiger charge is -2.35. The van der Waals surface area contributed by atoms with E-state index in [1.807, 2.05) is 45.2 Å². The van der Waals surface area contributed by atoms with E-state index in [9.17, 15) is 9.18 Å². The number of amides is 1. The molecule has 1 aliphatic rings. The summed E-state index contributed by atoms with van der Waals surface area (Å²) >= 11 is 0. The zero-order chi connectivity index (χ0) is 26.8. The minimum Gasteiger partial charge on any atom is -0.369 e. The van der Waals surface area contributed by atoms with Crippen molar-refractivity contribution in [3.63, 3.8) is 0 Å². The SMILES string of the molecule is CCn1cc2ncc(N[C@@H](C)c3cc(NC(=O)c4ccc(N5CCN(C)CC5)c(C)c4)ccc3F)nc2n1.